The Morgan fingerprint density at radius 1 is 1.12 bits per heavy atom. The van der Waals surface area contributed by atoms with Gasteiger partial charge in [0.25, 0.3) is 0 Å². The van der Waals surface area contributed by atoms with E-state index in [-0.39, 0.29) is 11.9 Å². The molecule has 0 radical (unpaired) electrons. The van der Waals surface area contributed by atoms with Crippen molar-refractivity contribution in [2.75, 3.05) is 6.54 Å². The summed E-state index contributed by atoms with van der Waals surface area (Å²) in [4.78, 5) is 26.5. The Labute approximate surface area is 141 Å². The second kappa shape index (κ2) is 9.94. The molecule has 0 fully saturated rings. The fourth-order valence-electron chi connectivity index (χ4n) is 2.26. The van der Waals surface area contributed by atoms with Gasteiger partial charge in [-0.2, -0.15) is 0 Å². The molecule has 0 saturated heterocycles. The highest BCUT2D eigenvalue weighted by molar-refractivity contribution is 5.91. The van der Waals surface area contributed by atoms with Crippen LogP contribution >= 0.6 is 0 Å². The minimum atomic E-state index is -0.191. The van der Waals surface area contributed by atoms with Crippen LogP contribution < -0.4 is 10.6 Å². The van der Waals surface area contributed by atoms with Crippen molar-refractivity contribution in [3.63, 3.8) is 0 Å². The zero-order valence-corrected chi connectivity index (χ0v) is 13.4. The topological polar surface area (TPSA) is 71.1 Å². The third-order valence-electron chi connectivity index (χ3n) is 3.58. The minimum absolute atomic E-state index is 0.0963. The summed E-state index contributed by atoms with van der Waals surface area (Å²) in [5, 5.41) is 5.57. The number of benzene rings is 1. The molecule has 1 heterocycles. The summed E-state index contributed by atoms with van der Waals surface area (Å²) >= 11 is 0. The molecule has 5 heteroatoms. The molecule has 2 rings (SSSR count). The van der Waals surface area contributed by atoms with Gasteiger partial charge in [-0.15, -0.1) is 0 Å². The lowest BCUT2D eigenvalue weighted by atomic mass is 10.1. The number of carbonyl (C=O) groups is 2. The first-order valence-corrected chi connectivity index (χ1v) is 7.87. The van der Waals surface area contributed by atoms with E-state index in [1.54, 1.807) is 18.5 Å². The van der Waals surface area contributed by atoms with Crippen LogP contribution in [-0.4, -0.2) is 29.9 Å². The quantitative estimate of drug-likeness (QED) is 0.547. The largest absolute Gasteiger partial charge is 0.354 e. The van der Waals surface area contributed by atoms with E-state index in [9.17, 15) is 9.59 Å². The molecule has 0 aliphatic heterocycles. The Kier molecular flexibility index (Phi) is 7.21. The predicted octanol–water partition coefficient (Wildman–Crippen LogP) is 1.96. The van der Waals surface area contributed by atoms with E-state index < -0.39 is 0 Å². The van der Waals surface area contributed by atoms with Crippen LogP contribution in [0.4, 0.5) is 0 Å². The Morgan fingerprint density at radius 3 is 2.58 bits per heavy atom. The molecule has 1 aromatic carbocycles. The maximum atomic E-state index is 11.9. The lowest BCUT2D eigenvalue weighted by Crippen LogP contribution is -2.40. The first-order valence-electron chi connectivity index (χ1n) is 7.87. The number of carbonyl (C=O) groups excluding carboxylic acids is 2. The maximum absolute atomic E-state index is 11.9. The summed E-state index contributed by atoms with van der Waals surface area (Å²) in [5.41, 5.74) is 2.12. The van der Waals surface area contributed by atoms with Crippen molar-refractivity contribution in [1.82, 2.24) is 15.6 Å². The van der Waals surface area contributed by atoms with E-state index in [4.69, 9.17) is 0 Å². The van der Waals surface area contributed by atoms with Crippen molar-refractivity contribution in [2.45, 2.75) is 18.9 Å². The molecule has 1 atom stereocenters. The Balaban J connectivity index is 1.78. The van der Waals surface area contributed by atoms with Gasteiger partial charge in [-0.1, -0.05) is 30.3 Å². The molecule has 124 valence electrons. The van der Waals surface area contributed by atoms with Gasteiger partial charge in [0.2, 0.25) is 12.3 Å². The number of amides is 2. The summed E-state index contributed by atoms with van der Waals surface area (Å²) in [6.45, 7) is 0.394. The van der Waals surface area contributed by atoms with Crippen molar-refractivity contribution in [3.05, 3.63) is 72.1 Å². The number of aryl methyl sites for hydroxylation is 1. The van der Waals surface area contributed by atoms with Crippen LogP contribution in [0.2, 0.25) is 0 Å². The van der Waals surface area contributed by atoms with Crippen LogP contribution in [-0.2, 0) is 16.0 Å². The van der Waals surface area contributed by atoms with Crippen LogP contribution in [0.5, 0.6) is 0 Å². The second-order valence-corrected chi connectivity index (χ2v) is 5.36. The van der Waals surface area contributed by atoms with Gasteiger partial charge in [-0.3, -0.25) is 14.6 Å². The molecule has 0 unspecified atom stereocenters. The number of rotatable bonds is 9. The highest BCUT2D eigenvalue weighted by Crippen LogP contribution is 2.04. The molecule has 2 amide bonds. The van der Waals surface area contributed by atoms with Crippen molar-refractivity contribution in [3.8, 4) is 0 Å². The average Bonchev–Trinajstić information content (AvgIpc) is 2.64. The molecule has 2 aromatic rings. The van der Waals surface area contributed by atoms with E-state index in [0.717, 1.165) is 18.4 Å². The molecular formula is C19H21N3O2. The van der Waals surface area contributed by atoms with Crippen molar-refractivity contribution < 1.29 is 9.59 Å². The molecule has 0 aliphatic carbocycles. The highest BCUT2D eigenvalue weighted by Gasteiger charge is 2.08. The Hall–Kier alpha value is -2.95. The molecule has 5 nitrogen and oxygen atoms in total. The van der Waals surface area contributed by atoms with Crippen molar-refractivity contribution >= 4 is 18.4 Å². The van der Waals surface area contributed by atoms with E-state index in [1.807, 2.05) is 42.5 Å². The van der Waals surface area contributed by atoms with Crippen LogP contribution in [0.1, 0.15) is 17.5 Å². The van der Waals surface area contributed by atoms with Gasteiger partial charge in [0.15, 0.2) is 0 Å². The third kappa shape index (κ3) is 6.44. The maximum Gasteiger partial charge on any atom is 0.244 e. The van der Waals surface area contributed by atoms with Gasteiger partial charge in [0, 0.05) is 31.1 Å². The zero-order valence-electron chi connectivity index (χ0n) is 13.4. The Morgan fingerprint density at radius 2 is 1.88 bits per heavy atom. The lowest BCUT2D eigenvalue weighted by molar-refractivity contribution is -0.117. The molecule has 0 aliphatic rings. The summed E-state index contributed by atoms with van der Waals surface area (Å²) < 4.78 is 0. The summed E-state index contributed by atoms with van der Waals surface area (Å²) in [7, 11) is 0. The minimum Gasteiger partial charge on any atom is -0.354 e. The standard InChI is InChI=1S/C19H21N3O2/c23-15-22-18(8-6-16-4-2-1-3-5-16)14-21-19(24)9-7-17-10-12-20-13-11-17/h1-5,7,9-13,15,18H,6,8,14H2,(H,21,24)(H,22,23)/b9-7+/t18-/m0/s1. The molecule has 0 bridgehead atoms. The van der Waals surface area contributed by atoms with Gasteiger partial charge in [0.05, 0.1) is 0 Å². The fourth-order valence-corrected chi connectivity index (χ4v) is 2.26. The number of hydrogen-bond donors (Lipinski definition) is 2. The van der Waals surface area contributed by atoms with Crippen LogP contribution in [0.3, 0.4) is 0 Å². The summed E-state index contributed by atoms with van der Waals surface area (Å²) in [6.07, 6.45) is 8.82. The third-order valence-corrected chi connectivity index (χ3v) is 3.58. The number of pyridine rings is 1. The average molecular weight is 323 g/mol. The SMILES string of the molecule is O=CN[C@@H](CCc1ccccc1)CNC(=O)/C=C/c1ccncc1. The first-order chi connectivity index (χ1) is 11.8. The molecule has 1 aromatic heterocycles. The van der Waals surface area contributed by atoms with Crippen LogP contribution in [0, 0.1) is 0 Å². The predicted molar refractivity (Wildman–Crippen MR) is 94.0 cm³/mol. The fraction of sp³-hybridized carbons (Fsp3) is 0.211. The first kappa shape index (κ1) is 17.4. The molecular weight excluding hydrogens is 302 g/mol. The normalized spacial score (nSPS) is 11.8. The van der Waals surface area contributed by atoms with E-state index in [2.05, 4.69) is 15.6 Å². The van der Waals surface area contributed by atoms with E-state index in [1.165, 1.54) is 11.6 Å². The molecule has 0 spiro atoms. The van der Waals surface area contributed by atoms with Crippen molar-refractivity contribution in [1.29, 1.82) is 0 Å². The van der Waals surface area contributed by atoms with Crippen LogP contribution in [0.25, 0.3) is 6.08 Å². The van der Waals surface area contributed by atoms with Crippen molar-refractivity contribution in [2.24, 2.45) is 0 Å². The number of nitrogens with one attached hydrogen (secondary N) is 2. The highest BCUT2D eigenvalue weighted by atomic mass is 16.1. The summed E-state index contributed by atoms with van der Waals surface area (Å²) in [6, 6.07) is 13.6. The zero-order chi connectivity index (χ0) is 17.0. The molecule has 0 saturated carbocycles. The lowest BCUT2D eigenvalue weighted by Gasteiger charge is -2.16. The second-order valence-electron chi connectivity index (χ2n) is 5.36. The van der Waals surface area contributed by atoms with E-state index >= 15 is 0 Å². The number of aromatic nitrogens is 1. The van der Waals surface area contributed by atoms with Gasteiger partial charge in [-0.25, -0.2) is 0 Å². The van der Waals surface area contributed by atoms with E-state index in [0.29, 0.717) is 13.0 Å². The van der Waals surface area contributed by atoms with Gasteiger partial charge < -0.3 is 10.6 Å². The van der Waals surface area contributed by atoms with Gasteiger partial charge in [0.1, 0.15) is 0 Å². The summed E-state index contributed by atoms with van der Waals surface area (Å²) in [5.74, 6) is -0.191. The van der Waals surface area contributed by atoms with Gasteiger partial charge >= 0.3 is 0 Å². The monoisotopic (exact) mass is 323 g/mol. The number of nitrogens with zero attached hydrogens (tertiary/aromatic N) is 1. The Bertz CT molecular complexity index is 657. The smallest absolute Gasteiger partial charge is 0.244 e. The van der Waals surface area contributed by atoms with Gasteiger partial charge in [-0.05, 0) is 42.2 Å². The molecule has 2 N–H and O–H groups in total. The molecule has 24 heavy (non-hydrogen) atoms. The number of hydrogen-bond acceptors (Lipinski definition) is 3. The van der Waals surface area contributed by atoms with Crippen LogP contribution in [0.15, 0.2) is 60.9 Å².